The lowest BCUT2D eigenvalue weighted by molar-refractivity contribution is -0.330. The SMILES string of the molecule is C[C@@H](CC[C@@]1(O)O[C@H]2C[C@H]3[C@@H]4CC(=O)[C@H]5C[C@@H](O[C@@H]6O[C@H](CO[C@@H]7OC[C@H](O)[C@H](O)[C@H]7O)[C@@H](O)[C@H](O)[C@H]6O)CC[C@]5(C)[C@H]4CC[C@]3(C)[C@H]2[C@@H]1C)CO[C@@H]1O[C@H](CO)[C@@H](O)[C@H](O)[C@H]1O. The van der Waals surface area contributed by atoms with Crippen LogP contribution in [0.5, 0.6) is 0 Å². The fourth-order valence-corrected chi connectivity index (χ4v) is 13.6. The Morgan fingerprint density at radius 2 is 1.41 bits per heavy atom. The van der Waals surface area contributed by atoms with Crippen LogP contribution in [-0.2, 0) is 38.0 Å². The highest BCUT2D eigenvalue weighted by Gasteiger charge is 2.69. The fourth-order valence-electron chi connectivity index (χ4n) is 13.6. The summed E-state index contributed by atoms with van der Waals surface area (Å²) in [6.45, 7) is 7.49. The van der Waals surface area contributed by atoms with E-state index in [-0.39, 0.29) is 78.0 Å². The average Bonchev–Trinajstić information content (AvgIpc) is 3.69. The summed E-state index contributed by atoms with van der Waals surface area (Å²) in [5.74, 6) is -0.895. The molecule has 26 atom stereocenters. The number of aliphatic hydroxyl groups excluding tert-OH is 10. The molecule has 8 rings (SSSR count). The van der Waals surface area contributed by atoms with E-state index in [1.54, 1.807) is 0 Å². The molecule has 0 spiro atoms. The lowest BCUT2D eigenvalue weighted by atomic mass is 9.44. The van der Waals surface area contributed by atoms with Gasteiger partial charge in [0.05, 0.1) is 38.6 Å². The maximum Gasteiger partial charge on any atom is 0.186 e. The van der Waals surface area contributed by atoms with Gasteiger partial charge in [-0.25, -0.2) is 0 Å². The number of aliphatic hydroxyl groups is 11. The lowest BCUT2D eigenvalue weighted by Crippen LogP contribution is -2.61. The first-order valence-electron chi connectivity index (χ1n) is 23.2. The van der Waals surface area contributed by atoms with Gasteiger partial charge in [-0.2, -0.15) is 0 Å². The second-order valence-electron chi connectivity index (χ2n) is 21.0. The minimum atomic E-state index is -1.64. The standard InChI is InChI=1S/C44H72O19/c1-18(15-57-40-37(54)34(51)32(49)28(14-45)61-40)5-10-44(56)19(2)30-27(63-44)13-23-21-12-25(46)24-11-20(6-8-42(24,3)22(21)7-9-43(23,30)4)60-41-38(55)35(52)33(50)29(62-41)17-59-39-36(53)31(48)26(47)16-58-39/h18-24,26-41,45,47-56H,5-17H2,1-4H3/t18-,19-,20-,21+,22-,23-,24+,26-,27-,28+,29+,30-,31-,32+,33+,34-,35-,36+,37+,38+,39-,40+,41+,42+,43-,44+/m0/s1. The lowest BCUT2D eigenvalue weighted by Gasteiger charge is -2.60. The van der Waals surface area contributed by atoms with Crippen LogP contribution in [-0.4, -0.2) is 192 Å². The van der Waals surface area contributed by atoms with Crippen molar-refractivity contribution in [1.82, 2.24) is 0 Å². The van der Waals surface area contributed by atoms with Gasteiger partial charge in [0.25, 0.3) is 0 Å². The molecule has 19 heteroatoms. The third-order valence-electron chi connectivity index (χ3n) is 17.4. The summed E-state index contributed by atoms with van der Waals surface area (Å²) in [7, 11) is 0. The summed E-state index contributed by atoms with van der Waals surface area (Å²) in [4.78, 5) is 14.3. The van der Waals surface area contributed by atoms with Crippen molar-refractivity contribution in [1.29, 1.82) is 0 Å². The molecular weight excluding hydrogens is 832 g/mol. The van der Waals surface area contributed by atoms with Gasteiger partial charge in [-0.15, -0.1) is 0 Å². The Hall–Kier alpha value is -1.05. The Labute approximate surface area is 367 Å². The second kappa shape index (κ2) is 18.5. The highest BCUT2D eigenvalue weighted by molar-refractivity contribution is 5.83. The van der Waals surface area contributed by atoms with Crippen LogP contribution in [0.4, 0.5) is 0 Å². The van der Waals surface area contributed by atoms with Crippen molar-refractivity contribution in [3.05, 3.63) is 0 Å². The molecule has 0 aromatic carbocycles. The number of hydrogen-bond acceptors (Lipinski definition) is 19. The van der Waals surface area contributed by atoms with E-state index < -0.39 is 105 Å². The van der Waals surface area contributed by atoms with Crippen LogP contribution >= 0.6 is 0 Å². The van der Waals surface area contributed by atoms with E-state index in [4.69, 9.17) is 33.2 Å². The third kappa shape index (κ3) is 8.60. The number of carbonyl (C=O) groups is 1. The topological polar surface area (TPSA) is 304 Å². The zero-order chi connectivity index (χ0) is 45.5. The minimum absolute atomic E-state index is 0.0821. The Bertz CT molecular complexity index is 1590. The number of rotatable bonds is 12. The summed E-state index contributed by atoms with van der Waals surface area (Å²) >= 11 is 0. The maximum atomic E-state index is 14.3. The van der Waals surface area contributed by atoms with E-state index in [0.717, 1.165) is 19.3 Å². The van der Waals surface area contributed by atoms with Gasteiger partial charge in [0.2, 0.25) is 0 Å². The predicted octanol–water partition coefficient (Wildman–Crippen LogP) is -1.96. The van der Waals surface area contributed by atoms with Crippen molar-refractivity contribution >= 4 is 5.78 Å². The van der Waals surface area contributed by atoms with Crippen LogP contribution in [0, 0.1) is 52.3 Å². The second-order valence-corrected chi connectivity index (χ2v) is 21.0. The van der Waals surface area contributed by atoms with E-state index in [9.17, 15) is 61.0 Å². The van der Waals surface area contributed by atoms with Gasteiger partial charge in [0, 0.05) is 24.7 Å². The van der Waals surface area contributed by atoms with Gasteiger partial charge in [0.15, 0.2) is 24.7 Å². The number of ketones is 1. The van der Waals surface area contributed by atoms with Crippen molar-refractivity contribution in [2.75, 3.05) is 26.4 Å². The van der Waals surface area contributed by atoms with Crippen LogP contribution in [0.3, 0.4) is 0 Å². The van der Waals surface area contributed by atoms with E-state index in [1.807, 2.05) is 6.92 Å². The first-order chi connectivity index (χ1) is 29.7. The molecule has 4 heterocycles. The molecule has 362 valence electrons. The van der Waals surface area contributed by atoms with E-state index >= 15 is 0 Å². The maximum absolute atomic E-state index is 14.3. The monoisotopic (exact) mass is 904 g/mol. The predicted molar refractivity (Wildman–Crippen MR) is 213 cm³/mol. The molecule has 0 amide bonds. The molecule has 4 saturated heterocycles. The van der Waals surface area contributed by atoms with Crippen molar-refractivity contribution in [2.45, 2.75) is 189 Å². The van der Waals surface area contributed by atoms with E-state index in [0.29, 0.717) is 44.4 Å². The first kappa shape index (κ1) is 48.4. The van der Waals surface area contributed by atoms with Crippen LogP contribution in [0.2, 0.25) is 0 Å². The number of fused-ring (bicyclic) bond motifs is 7. The molecule has 4 saturated carbocycles. The minimum Gasteiger partial charge on any atom is -0.394 e. The normalized spacial score (nSPS) is 55.1. The molecule has 0 unspecified atom stereocenters. The molecule has 0 radical (unpaired) electrons. The summed E-state index contributed by atoms with van der Waals surface area (Å²) in [6, 6.07) is 0. The molecule has 4 aliphatic carbocycles. The third-order valence-corrected chi connectivity index (χ3v) is 17.4. The first-order valence-corrected chi connectivity index (χ1v) is 23.2. The van der Waals surface area contributed by atoms with Crippen LogP contribution in [0.1, 0.15) is 85.5 Å². The van der Waals surface area contributed by atoms with Crippen molar-refractivity contribution < 1.29 is 94.1 Å². The van der Waals surface area contributed by atoms with Gasteiger partial charge in [0.1, 0.15) is 72.9 Å². The summed E-state index contributed by atoms with van der Waals surface area (Å²) in [5.41, 5.74) is -0.420. The Morgan fingerprint density at radius 1 is 0.762 bits per heavy atom. The van der Waals surface area contributed by atoms with Crippen molar-refractivity contribution in [2.24, 2.45) is 52.3 Å². The molecule has 19 nitrogen and oxygen atoms in total. The van der Waals surface area contributed by atoms with Gasteiger partial charge in [-0.05, 0) is 85.4 Å². The van der Waals surface area contributed by atoms with Gasteiger partial charge < -0.3 is 89.3 Å². The molecule has 4 aliphatic heterocycles. The number of carbonyl (C=O) groups excluding carboxylic acids is 1. The quantitative estimate of drug-likeness (QED) is 0.0948. The highest BCUT2D eigenvalue weighted by Crippen LogP contribution is 2.70. The van der Waals surface area contributed by atoms with Crippen molar-refractivity contribution in [3.63, 3.8) is 0 Å². The molecule has 8 aliphatic rings. The molecule has 8 fully saturated rings. The van der Waals surface area contributed by atoms with Gasteiger partial charge in [-0.3, -0.25) is 4.79 Å². The Balaban J connectivity index is 0.850. The summed E-state index contributed by atoms with van der Waals surface area (Å²) in [5, 5.41) is 114. The fraction of sp³-hybridized carbons (Fsp3) is 0.977. The number of ether oxygens (including phenoxy) is 7. The largest absolute Gasteiger partial charge is 0.394 e. The smallest absolute Gasteiger partial charge is 0.186 e. The van der Waals surface area contributed by atoms with Crippen LogP contribution in [0.25, 0.3) is 0 Å². The molecule has 11 N–H and O–H groups in total. The van der Waals surface area contributed by atoms with Gasteiger partial charge >= 0.3 is 0 Å². The molecule has 0 bridgehead atoms. The van der Waals surface area contributed by atoms with E-state index in [1.165, 1.54) is 0 Å². The Kier molecular flexibility index (Phi) is 14.2. The van der Waals surface area contributed by atoms with Crippen molar-refractivity contribution in [3.8, 4) is 0 Å². The van der Waals surface area contributed by atoms with Crippen LogP contribution in [0.15, 0.2) is 0 Å². The summed E-state index contributed by atoms with van der Waals surface area (Å²) in [6.07, 6.45) is -14.7. The Morgan fingerprint density at radius 3 is 2.13 bits per heavy atom. The van der Waals surface area contributed by atoms with Crippen LogP contribution < -0.4 is 0 Å². The molecular formula is C44H72O19. The number of Topliss-reactive ketones (excluding diaryl/α,β-unsaturated/α-hetero) is 1. The summed E-state index contributed by atoms with van der Waals surface area (Å²) < 4.78 is 40.9. The zero-order valence-electron chi connectivity index (χ0n) is 36.7. The average molecular weight is 905 g/mol. The molecule has 0 aromatic rings. The van der Waals surface area contributed by atoms with Gasteiger partial charge in [-0.1, -0.05) is 27.7 Å². The highest BCUT2D eigenvalue weighted by atomic mass is 16.7. The molecule has 0 aromatic heterocycles. The van der Waals surface area contributed by atoms with E-state index in [2.05, 4.69) is 20.8 Å². The molecule has 63 heavy (non-hydrogen) atoms. The zero-order valence-corrected chi connectivity index (χ0v) is 36.7. The number of hydrogen-bond donors (Lipinski definition) is 11.